The Morgan fingerprint density at radius 1 is 1.30 bits per heavy atom. The maximum Gasteiger partial charge on any atom is 0.147 e. The second-order valence-corrected chi connectivity index (χ2v) is 1.91. The van der Waals surface area contributed by atoms with Gasteiger partial charge in [0.15, 0.2) is 0 Å². The lowest BCUT2D eigenvalue weighted by Crippen LogP contribution is -2.16. The molecule has 2 heteroatoms. The maximum absolute atomic E-state index is 5.11. The van der Waals surface area contributed by atoms with Crippen molar-refractivity contribution in [1.82, 2.24) is 5.48 Å². The molecule has 1 aromatic rings. The van der Waals surface area contributed by atoms with E-state index in [0.29, 0.717) is 0 Å². The Morgan fingerprint density at radius 3 is 2.60 bits per heavy atom. The minimum Gasteiger partial charge on any atom is -0.409 e. The molecule has 0 atom stereocenters. The van der Waals surface area contributed by atoms with Crippen LogP contribution in [-0.4, -0.2) is 6.54 Å². The average molecular weight is 137 g/mol. The van der Waals surface area contributed by atoms with E-state index in [1.165, 1.54) is 0 Å². The molecule has 0 radical (unpaired) electrons. The lowest BCUT2D eigenvalue weighted by Gasteiger charge is -2.02. The fraction of sp³-hybridized carbons (Fsp3) is 0.250. The van der Waals surface area contributed by atoms with Gasteiger partial charge in [-0.15, -0.1) is 0 Å². The molecular formula is C8H11NO. The van der Waals surface area contributed by atoms with Gasteiger partial charge in [0.05, 0.1) is 0 Å². The van der Waals surface area contributed by atoms with Crippen molar-refractivity contribution in [2.45, 2.75) is 6.92 Å². The first-order valence-electron chi connectivity index (χ1n) is 3.38. The molecule has 0 heterocycles. The monoisotopic (exact) mass is 137 g/mol. The largest absolute Gasteiger partial charge is 0.409 e. The summed E-state index contributed by atoms with van der Waals surface area (Å²) >= 11 is 0. The second kappa shape index (κ2) is 3.90. The number of hydrogen-bond acceptors (Lipinski definition) is 2. The van der Waals surface area contributed by atoms with Crippen LogP contribution in [0.15, 0.2) is 30.3 Å². The van der Waals surface area contributed by atoms with Crippen molar-refractivity contribution in [2.75, 3.05) is 6.54 Å². The van der Waals surface area contributed by atoms with Gasteiger partial charge in [-0.1, -0.05) is 18.2 Å². The Balaban J connectivity index is 2.43. The first-order valence-corrected chi connectivity index (χ1v) is 3.38. The highest BCUT2D eigenvalue weighted by Gasteiger charge is 1.86. The maximum atomic E-state index is 5.11. The summed E-state index contributed by atoms with van der Waals surface area (Å²) in [6.07, 6.45) is 0. The van der Waals surface area contributed by atoms with Crippen molar-refractivity contribution in [3.05, 3.63) is 30.3 Å². The van der Waals surface area contributed by atoms with Crippen molar-refractivity contribution in [1.29, 1.82) is 0 Å². The van der Waals surface area contributed by atoms with Crippen LogP contribution < -0.4 is 10.3 Å². The van der Waals surface area contributed by atoms with Crippen LogP contribution in [0.3, 0.4) is 0 Å². The highest BCUT2D eigenvalue weighted by Crippen LogP contribution is 2.05. The van der Waals surface area contributed by atoms with E-state index in [4.69, 9.17) is 4.84 Å². The number of benzene rings is 1. The molecule has 0 aromatic heterocycles. The third-order valence-corrected chi connectivity index (χ3v) is 1.08. The van der Waals surface area contributed by atoms with E-state index in [2.05, 4.69) is 5.48 Å². The zero-order valence-electron chi connectivity index (χ0n) is 6.00. The molecular weight excluding hydrogens is 126 g/mol. The van der Waals surface area contributed by atoms with Gasteiger partial charge in [-0.05, 0) is 19.1 Å². The summed E-state index contributed by atoms with van der Waals surface area (Å²) in [5.41, 5.74) is 2.76. The molecule has 10 heavy (non-hydrogen) atoms. The molecule has 1 rings (SSSR count). The highest BCUT2D eigenvalue weighted by molar-refractivity contribution is 5.20. The van der Waals surface area contributed by atoms with Crippen LogP contribution in [0, 0.1) is 0 Å². The van der Waals surface area contributed by atoms with E-state index < -0.39 is 0 Å². The molecule has 0 spiro atoms. The molecule has 0 saturated carbocycles. The molecule has 0 unspecified atom stereocenters. The lowest BCUT2D eigenvalue weighted by molar-refractivity contribution is 0.202. The Labute approximate surface area is 60.8 Å². The van der Waals surface area contributed by atoms with Gasteiger partial charge in [0, 0.05) is 6.54 Å². The number of rotatable bonds is 3. The van der Waals surface area contributed by atoms with Crippen LogP contribution in [0.2, 0.25) is 0 Å². The van der Waals surface area contributed by atoms with Crippen LogP contribution >= 0.6 is 0 Å². The molecule has 0 bridgehead atoms. The van der Waals surface area contributed by atoms with Gasteiger partial charge in [-0.25, -0.2) is 0 Å². The summed E-state index contributed by atoms with van der Waals surface area (Å²) in [4.78, 5) is 5.11. The van der Waals surface area contributed by atoms with Crippen molar-refractivity contribution in [2.24, 2.45) is 0 Å². The minimum absolute atomic E-state index is 0.814. The fourth-order valence-corrected chi connectivity index (χ4v) is 0.644. The van der Waals surface area contributed by atoms with E-state index in [-0.39, 0.29) is 0 Å². The first-order chi connectivity index (χ1) is 4.93. The average Bonchev–Trinajstić information content (AvgIpc) is 2.03. The van der Waals surface area contributed by atoms with Crippen LogP contribution in [-0.2, 0) is 0 Å². The first kappa shape index (κ1) is 7.09. The molecule has 0 saturated heterocycles. The summed E-state index contributed by atoms with van der Waals surface area (Å²) in [6, 6.07) is 9.64. The fourth-order valence-electron chi connectivity index (χ4n) is 0.644. The molecule has 54 valence electrons. The zero-order chi connectivity index (χ0) is 7.23. The Kier molecular flexibility index (Phi) is 2.77. The summed E-state index contributed by atoms with van der Waals surface area (Å²) < 4.78 is 0. The Hall–Kier alpha value is -1.02. The van der Waals surface area contributed by atoms with Gasteiger partial charge in [0.1, 0.15) is 5.75 Å². The van der Waals surface area contributed by atoms with Crippen molar-refractivity contribution >= 4 is 0 Å². The van der Waals surface area contributed by atoms with Crippen LogP contribution in [0.25, 0.3) is 0 Å². The zero-order valence-corrected chi connectivity index (χ0v) is 6.00. The van der Waals surface area contributed by atoms with E-state index in [9.17, 15) is 0 Å². The molecule has 2 nitrogen and oxygen atoms in total. The Morgan fingerprint density at radius 2 is 2.00 bits per heavy atom. The minimum atomic E-state index is 0.814. The van der Waals surface area contributed by atoms with Gasteiger partial charge >= 0.3 is 0 Å². The van der Waals surface area contributed by atoms with Crippen molar-refractivity contribution < 1.29 is 4.84 Å². The summed E-state index contributed by atoms with van der Waals surface area (Å²) in [7, 11) is 0. The molecule has 0 aliphatic rings. The third-order valence-electron chi connectivity index (χ3n) is 1.08. The van der Waals surface area contributed by atoms with E-state index in [0.717, 1.165) is 12.3 Å². The quantitative estimate of drug-likeness (QED) is 0.639. The highest BCUT2D eigenvalue weighted by atomic mass is 16.6. The van der Waals surface area contributed by atoms with Gasteiger partial charge in [-0.3, -0.25) is 0 Å². The van der Waals surface area contributed by atoms with Gasteiger partial charge in [0.25, 0.3) is 0 Å². The number of para-hydroxylation sites is 1. The normalized spacial score (nSPS) is 9.30. The standard InChI is InChI=1S/C8H11NO/c1-2-9-10-8-6-4-3-5-7-8/h3-7,9H,2H2,1H3. The summed E-state index contributed by atoms with van der Waals surface area (Å²) in [5, 5.41) is 0. The molecule has 1 N–H and O–H groups in total. The van der Waals surface area contributed by atoms with Crippen LogP contribution in [0.5, 0.6) is 5.75 Å². The smallest absolute Gasteiger partial charge is 0.147 e. The molecule has 0 aliphatic heterocycles. The molecule has 1 aromatic carbocycles. The van der Waals surface area contributed by atoms with E-state index in [1.807, 2.05) is 37.3 Å². The molecule has 0 aliphatic carbocycles. The summed E-state index contributed by atoms with van der Waals surface area (Å²) in [5.74, 6) is 0.851. The van der Waals surface area contributed by atoms with Gasteiger partial charge in [0.2, 0.25) is 0 Å². The SMILES string of the molecule is CCNOc1ccccc1. The Bertz CT molecular complexity index is 174. The lowest BCUT2D eigenvalue weighted by atomic mass is 10.3. The molecule has 0 amide bonds. The topological polar surface area (TPSA) is 21.3 Å². The van der Waals surface area contributed by atoms with Crippen LogP contribution in [0.1, 0.15) is 6.92 Å². The van der Waals surface area contributed by atoms with Crippen molar-refractivity contribution in [3.8, 4) is 5.75 Å². The van der Waals surface area contributed by atoms with E-state index in [1.54, 1.807) is 0 Å². The van der Waals surface area contributed by atoms with Gasteiger partial charge in [-0.2, -0.15) is 5.48 Å². The predicted octanol–water partition coefficient (Wildman–Crippen LogP) is 1.59. The molecule has 0 fully saturated rings. The van der Waals surface area contributed by atoms with Crippen LogP contribution in [0.4, 0.5) is 0 Å². The number of hydrogen-bond donors (Lipinski definition) is 1. The van der Waals surface area contributed by atoms with Gasteiger partial charge < -0.3 is 4.84 Å². The second-order valence-electron chi connectivity index (χ2n) is 1.91. The van der Waals surface area contributed by atoms with Crippen molar-refractivity contribution in [3.63, 3.8) is 0 Å². The third kappa shape index (κ3) is 2.07. The number of hydroxylamine groups is 1. The number of nitrogens with one attached hydrogen (secondary N) is 1. The summed E-state index contributed by atoms with van der Waals surface area (Å²) in [6.45, 7) is 2.80. The van der Waals surface area contributed by atoms with E-state index >= 15 is 0 Å². The predicted molar refractivity (Wildman–Crippen MR) is 40.7 cm³/mol.